The first-order valence-electron chi connectivity index (χ1n) is 7.31. The monoisotopic (exact) mass is 280 g/mol. The Hall–Kier alpha value is -1.70. The Kier molecular flexibility index (Phi) is 7.56. The standard InChI is InChI=1S/C15H24N2O3/c1-2-11-17(12-13-8-9-13)15(20)16-10-6-4-3-5-7-14(18)19/h1,13H,3-12H2,(H,16,20)(H,18,19). The van der Waals surface area contributed by atoms with Crippen LogP contribution in [0.2, 0.25) is 0 Å². The van der Waals surface area contributed by atoms with Crippen molar-refractivity contribution in [3.63, 3.8) is 0 Å². The van der Waals surface area contributed by atoms with Crippen molar-refractivity contribution in [2.45, 2.75) is 44.9 Å². The number of carbonyl (C=O) groups is 2. The Bertz CT molecular complexity index is 359. The maximum atomic E-state index is 11.9. The van der Waals surface area contributed by atoms with Gasteiger partial charge in [-0.25, -0.2) is 4.79 Å². The molecular weight excluding hydrogens is 256 g/mol. The van der Waals surface area contributed by atoms with E-state index in [1.54, 1.807) is 4.90 Å². The Morgan fingerprint density at radius 3 is 2.55 bits per heavy atom. The van der Waals surface area contributed by atoms with Gasteiger partial charge < -0.3 is 15.3 Å². The Morgan fingerprint density at radius 1 is 1.25 bits per heavy atom. The summed E-state index contributed by atoms with van der Waals surface area (Å²) in [6.07, 6.45) is 11.3. The lowest BCUT2D eigenvalue weighted by Gasteiger charge is -2.20. The molecule has 5 heteroatoms. The number of amides is 2. The molecule has 0 aromatic rings. The number of carbonyl (C=O) groups excluding carboxylic acids is 1. The Balaban J connectivity index is 2.05. The third kappa shape index (κ3) is 7.67. The number of hydrogen-bond acceptors (Lipinski definition) is 2. The molecule has 0 atom stereocenters. The SMILES string of the molecule is C#CCN(CC1CC1)C(=O)NCCCCCCC(=O)O. The minimum absolute atomic E-state index is 0.0830. The van der Waals surface area contributed by atoms with Crippen molar-refractivity contribution in [1.82, 2.24) is 10.2 Å². The number of nitrogens with zero attached hydrogens (tertiary/aromatic N) is 1. The zero-order chi connectivity index (χ0) is 14.8. The van der Waals surface area contributed by atoms with Crippen LogP contribution in [0.1, 0.15) is 44.9 Å². The molecule has 2 amide bonds. The van der Waals surface area contributed by atoms with Crippen LogP contribution in [-0.2, 0) is 4.79 Å². The van der Waals surface area contributed by atoms with Crippen LogP contribution in [-0.4, -0.2) is 41.6 Å². The molecule has 0 radical (unpaired) electrons. The molecule has 1 saturated carbocycles. The van der Waals surface area contributed by atoms with Crippen molar-refractivity contribution in [1.29, 1.82) is 0 Å². The van der Waals surface area contributed by atoms with Crippen molar-refractivity contribution in [2.24, 2.45) is 5.92 Å². The first-order valence-corrected chi connectivity index (χ1v) is 7.31. The second-order valence-electron chi connectivity index (χ2n) is 5.32. The summed E-state index contributed by atoms with van der Waals surface area (Å²) in [5.74, 6) is 2.40. The quantitative estimate of drug-likeness (QED) is 0.475. The molecule has 20 heavy (non-hydrogen) atoms. The van der Waals surface area contributed by atoms with E-state index in [1.807, 2.05) is 0 Å². The molecular formula is C15H24N2O3. The number of terminal acetylenes is 1. The predicted octanol–water partition coefficient (Wildman–Crippen LogP) is 2.08. The van der Waals surface area contributed by atoms with E-state index in [1.165, 1.54) is 12.8 Å². The number of rotatable bonds is 10. The molecule has 0 bridgehead atoms. The van der Waals surface area contributed by atoms with E-state index in [2.05, 4.69) is 11.2 Å². The number of unbranched alkanes of at least 4 members (excludes halogenated alkanes) is 3. The highest BCUT2D eigenvalue weighted by Gasteiger charge is 2.26. The van der Waals surface area contributed by atoms with E-state index < -0.39 is 5.97 Å². The maximum absolute atomic E-state index is 11.9. The van der Waals surface area contributed by atoms with Gasteiger partial charge in [0.1, 0.15) is 0 Å². The molecule has 2 N–H and O–H groups in total. The van der Waals surface area contributed by atoms with Gasteiger partial charge in [0.25, 0.3) is 0 Å². The van der Waals surface area contributed by atoms with Gasteiger partial charge in [-0.1, -0.05) is 18.8 Å². The Labute approximate surface area is 120 Å². The first-order chi connectivity index (χ1) is 9.63. The zero-order valence-electron chi connectivity index (χ0n) is 11.9. The van der Waals surface area contributed by atoms with E-state index in [0.29, 0.717) is 25.4 Å². The number of nitrogens with one attached hydrogen (secondary N) is 1. The first kappa shape index (κ1) is 16.4. The van der Waals surface area contributed by atoms with Crippen LogP contribution in [0.15, 0.2) is 0 Å². The molecule has 0 aromatic heterocycles. The highest BCUT2D eigenvalue weighted by molar-refractivity contribution is 5.74. The fraction of sp³-hybridized carbons (Fsp3) is 0.733. The van der Waals surface area contributed by atoms with Gasteiger partial charge >= 0.3 is 12.0 Å². The average molecular weight is 280 g/mol. The van der Waals surface area contributed by atoms with Gasteiger partial charge in [0.2, 0.25) is 0 Å². The number of carboxylic acids is 1. The molecule has 0 heterocycles. The second kappa shape index (κ2) is 9.24. The summed E-state index contributed by atoms with van der Waals surface area (Å²) in [5.41, 5.74) is 0. The van der Waals surface area contributed by atoms with Crippen molar-refractivity contribution in [3.05, 3.63) is 0 Å². The highest BCUT2D eigenvalue weighted by atomic mass is 16.4. The molecule has 1 aliphatic rings. The summed E-state index contributed by atoms with van der Waals surface area (Å²) < 4.78 is 0. The van der Waals surface area contributed by atoms with Crippen LogP contribution in [0.4, 0.5) is 4.79 Å². The smallest absolute Gasteiger partial charge is 0.318 e. The topological polar surface area (TPSA) is 69.6 Å². The van der Waals surface area contributed by atoms with Gasteiger partial charge in [-0.05, 0) is 31.6 Å². The lowest BCUT2D eigenvalue weighted by Crippen LogP contribution is -2.41. The molecule has 0 saturated heterocycles. The third-order valence-electron chi connectivity index (χ3n) is 3.34. The zero-order valence-corrected chi connectivity index (χ0v) is 11.9. The minimum Gasteiger partial charge on any atom is -0.481 e. The largest absolute Gasteiger partial charge is 0.481 e. The predicted molar refractivity (Wildman–Crippen MR) is 77.2 cm³/mol. The summed E-state index contributed by atoms with van der Waals surface area (Å²) in [7, 11) is 0. The molecule has 112 valence electrons. The number of aliphatic carboxylic acids is 1. The van der Waals surface area contributed by atoms with Crippen LogP contribution < -0.4 is 5.32 Å². The average Bonchev–Trinajstić information content (AvgIpc) is 3.20. The van der Waals surface area contributed by atoms with E-state index in [0.717, 1.165) is 25.8 Å². The van der Waals surface area contributed by atoms with Crippen LogP contribution >= 0.6 is 0 Å². The van der Waals surface area contributed by atoms with Crippen LogP contribution in [0.5, 0.6) is 0 Å². The third-order valence-corrected chi connectivity index (χ3v) is 3.34. The molecule has 0 spiro atoms. The number of carboxylic acid groups (broad SMARTS) is 1. The van der Waals surface area contributed by atoms with Gasteiger partial charge in [-0.15, -0.1) is 6.42 Å². The lowest BCUT2D eigenvalue weighted by molar-refractivity contribution is -0.137. The van der Waals surface area contributed by atoms with Crippen LogP contribution in [0.3, 0.4) is 0 Å². The fourth-order valence-electron chi connectivity index (χ4n) is 2.00. The Morgan fingerprint density at radius 2 is 1.95 bits per heavy atom. The summed E-state index contributed by atoms with van der Waals surface area (Å²) in [4.78, 5) is 23.9. The van der Waals surface area contributed by atoms with E-state index >= 15 is 0 Å². The molecule has 1 rings (SSSR count). The van der Waals surface area contributed by atoms with Gasteiger partial charge in [0.05, 0.1) is 6.54 Å². The van der Waals surface area contributed by atoms with E-state index in [-0.39, 0.29) is 12.5 Å². The summed E-state index contributed by atoms with van der Waals surface area (Å²) >= 11 is 0. The molecule has 1 fully saturated rings. The van der Waals surface area contributed by atoms with Gasteiger partial charge in [-0.2, -0.15) is 0 Å². The lowest BCUT2D eigenvalue weighted by atomic mass is 10.1. The van der Waals surface area contributed by atoms with Crippen LogP contribution in [0, 0.1) is 18.3 Å². The molecule has 0 aliphatic heterocycles. The highest BCUT2D eigenvalue weighted by Crippen LogP contribution is 2.29. The van der Waals surface area contributed by atoms with Gasteiger partial charge in [0, 0.05) is 19.5 Å². The van der Waals surface area contributed by atoms with Crippen molar-refractivity contribution >= 4 is 12.0 Å². The van der Waals surface area contributed by atoms with Crippen molar-refractivity contribution < 1.29 is 14.7 Å². The second-order valence-corrected chi connectivity index (χ2v) is 5.32. The summed E-state index contributed by atoms with van der Waals surface area (Å²) in [6, 6.07) is -0.0830. The summed E-state index contributed by atoms with van der Waals surface area (Å²) in [5, 5.41) is 11.4. The normalized spacial score (nSPS) is 13.6. The van der Waals surface area contributed by atoms with Gasteiger partial charge in [-0.3, -0.25) is 4.79 Å². The van der Waals surface area contributed by atoms with Crippen LogP contribution in [0.25, 0.3) is 0 Å². The van der Waals surface area contributed by atoms with E-state index in [9.17, 15) is 9.59 Å². The minimum atomic E-state index is -0.747. The number of urea groups is 1. The summed E-state index contributed by atoms with van der Waals surface area (Å²) in [6.45, 7) is 1.74. The van der Waals surface area contributed by atoms with Gasteiger partial charge in [0.15, 0.2) is 0 Å². The molecule has 0 aromatic carbocycles. The fourth-order valence-corrected chi connectivity index (χ4v) is 2.00. The molecule has 1 aliphatic carbocycles. The number of hydrogen-bond donors (Lipinski definition) is 2. The molecule has 5 nitrogen and oxygen atoms in total. The van der Waals surface area contributed by atoms with E-state index in [4.69, 9.17) is 11.5 Å². The maximum Gasteiger partial charge on any atom is 0.318 e. The van der Waals surface area contributed by atoms with Crippen molar-refractivity contribution in [2.75, 3.05) is 19.6 Å². The van der Waals surface area contributed by atoms with Crippen molar-refractivity contribution in [3.8, 4) is 12.3 Å². The molecule has 0 unspecified atom stereocenters.